The molecule has 0 fully saturated rings. The molecule has 0 heterocycles. The van der Waals surface area contributed by atoms with Crippen molar-refractivity contribution >= 4 is 0 Å². The maximum Gasteiger partial charge on any atom is 0.458 e. The Kier molecular flexibility index (Phi) is 3.97. The predicted molar refractivity (Wildman–Crippen MR) is 31.2 cm³/mol. The molecule has 0 radical (unpaired) electrons. The van der Waals surface area contributed by atoms with Crippen molar-refractivity contribution < 1.29 is 52.7 Å². The predicted octanol–water partition coefficient (Wildman–Crippen LogP) is 4.53. The van der Waals surface area contributed by atoms with Crippen molar-refractivity contribution in [3.8, 4) is 0 Å². The average Bonchev–Trinajstić information content (AvgIpc) is 1.95. The summed E-state index contributed by atoms with van der Waals surface area (Å²) >= 11 is 0. The largest absolute Gasteiger partial charge is 0.458 e. The molecule has 0 saturated heterocycles. The summed E-state index contributed by atoms with van der Waals surface area (Å²) in [5.74, 6) is -11.6. The van der Waals surface area contributed by atoms with E-state index in [9.17, 15) is 52.7 Å². The van der Waals surface area contributed by atoms with Crippen LogP contribution in [0.5, 0.6) is 0 Å². The molecular formula is C6F12. The maximum atomic E-state index is 12.2. The van der Waals surface area contributed by atoms with E-state index in [1.54, 1.807) is 0 Å². The Balaban J connectivity index is 6.18. The summed E-state index contributed by atoms with van der Waals surface area (Å²) in [6.07, 6.45) is -20.5. The fourth-order valence-electron chi connectivity index (χ4n) is 0.724. The minimum absolute atomic E-state index is 4.54. The molecular weight excluding hydrogens is 300 g/mol. The van der Waals surface area contributed by atoms with Crippen LogP contribution in [-0.2, 0) is 0 Å². The number of allylic oxidation sites excluding steroid dienone is 2. The highest BCUT2D eigenvalue weighted by Gasteiger charge is 2.69. The van der Waals surface area contributed by atoms with Gasteiger partial charge in [-0.25, -0.2) is 4.39 Å². The molecule has 108 valence electrons. The van der Waals surface area contributed by atoms with Crippen LogP contribution in [0.4, 0.5) is 52.7 Å². The van der Waals surface area contributed by atoms with E-state index in [0.717, 1.165) is 0 Å². The van der Waals surface area contributed by atoms with Crippen molar-refractivity contribution in [3.63, 3.8) is 0 Å². The molecule has 0 aliphatic rings. The van der Waals surface area contributed by atoms with E-state index in [1.807, 2.05) is 0 Å². The van der Waals surface area contributed by atoms with Gasteiger partial charge in [-0.15, -0.1) is 0 Å². The van der Waals surface area contributed by atoms with Crippen LogP contribution in [0, 0.1) is 0 Å². The summed E-state index contributed by atoms with van der Waals surface area (Å²) < 4.78 is 141. The first-order chi connectivity index (χ1) is 7.53. The lowest BCUT2D eigenvalue weighted by Crippen LogP contribution is -2.45. The molecule has 0 rings (SSSR count). The van der Waals surface area contributed by atoms with Crippen molar-refractivity contribution in [1.82, 2.24) is 0 Å². The minimum Gasteiger partial charge on any atom is -0.201 e. The first kappa shape index (κ1) is 16.9. The van der Waals surface area contributed by atoms with Gasteiger partial charge in [0.25, 0.3) is 0 Å². The lowest BCUT2D eigenvalue weighted by Gasteiger charge is -2.25. The van der Waals surface area contributed by atoms with Crippen LogP contribution in [0.3, 0.4) is 0 Å². The average molecular weight is 300 g/mol. The second-order valence-electron chi connectivity index (χ2n) is 2.76. The highest BCUT2D eigenvalue weighted by Crippen LogP contribution is 2.51. The summed E-state index contributed by atoms with van der Waals surface area (Å²) in [6, 6.07) is 0. The molecule has 0 aliphatic carbocycles. The number of hydrogen-bond acceptors (Lipinski definition) is 0. The summed E-state index contributed by atoms with van der Waals surface area (Å²) in [4.78, 5) is 0. The topological polar surface area (TPSA) is 0 Å². The van der Waals surface area contributed by atoms with E-state index in [2.05, 4.69) is 0 Å². The first-order valence-corrected chi connectivity index (χ1v) is 3.52. The van der Waals surface area contributed by atoms with Gasteiger partial charge in [0, 0.05) is 0 Å². The van der Waals surface area contributed by atoms with Crippen LogP contribution >= 0.6 is 0 Å². The Morgan fingerprint density at radius 3 is 1.06 bits per heavy atom. The molecule has 0 nitrogen and oxygen atoms in total. The molecule has 0 N–H and O–H groups in total. The molecule has 0 aromatic heterocycles. The van der Waals surface area contributed by atoms with Crippen LogP contribution in [0.1, 0.15) is 0 Å². The van der Waals surface area contributed by atoms with E-state index in [-0.39, 0.29) is 0 Å². The third-order valence-corrected chi connectivity index (χ3v) is 1.42. The minimum atomic E-state index is -7.03. The molecule has 0 saturated carbocycles. The zero-order valence-corrected chi connectivity index (χ0v) is 7.54. The lowest BCUT2D eigenvalue weighted by molar-refractivity contribution is -0.284. The highest BCUT2D eigenvalue weighted by molar-refractivity contribution is 5.27. The number of hydrogen-bond donors (Lipinski definition) is 0. The van der Waals surface area contributed by atoms with Crippen LogP contribution < -0.4 is 0 Å². The standard InChI is InChI=1S/C6F12/c7-2(5(13,14)15)1(4(10,11)12)3(8,9)6(16,17)18/b2-1+. The molecule has 0 amide bonds. The summed E-state index contributed by atoms with van der Waals surface area (Å²) in [6.45, 7) is 0. The van der Waals surface area contributed by atoms with E-state index in [4.69, 9.17) is 0 Å². The van der Waals surface area contributed by atoms with E-state index in [0.29, 0.717) is 0 Å². The normalized spacial score (nSPS) is 16.7. The van der Waals surface area contributed by atoms with Crippen molar-refractivity contribution in [2.45, 2.75) is 24.5 Å². The molecule has 18 heavy (non-hydrogen) atoms. The number of alkyl halides is 11. The fraction of sp³-hybridized carbons (Fsp3) is 0.667. The van der Waals surface area contributed by atoms with Crippen LogP contribution in [0.25, 0.3) is 0 Å². The molecule has 0 atom stereocenters. The van der Waals surface area contributed by atoms with Crippen LogP contribution in [0.15, 0.2) is 11.4 Å². The zero-order chi connectivity index (χ0) is 15.2. The van der Waals surface area contributed by atoms with Gasteiger partial charge in [0.2, 0.25) is 5.83 Å². The van der Waals surface area contributed by atoms with Crippen LogP contribution in [0.2, 0.25) is 0 Å². The second kappa shape index (κ2) is 4.23. The molecule has 0 bridgehead atoms. The number of rotatable bonds is 1. The van der Waals surface area contributed by atoms with Gasteiger partial charge >= 0.3 is 24.5 Å². The lowest BCUT2D eigenvalue weighted by atomic mass is 10.1. The van der Waals surface area contributed by atoms with Crippen molar-refractivity contribution in [2.75, 3.05) is 0 Å². The van der Waals surface area contributed by atoms with Gasteiger partial charge in [0.15, 0.2) is 5.57 Å². The maximum absolute atomic E-state index is 12.2. The smallest absolute Gasteiger partial charge is 0.201 e. The monoisotopic (exact) mass is 300 g/mol. The highest BCUT2D eigenvalue weighted by atomic mass is 19.4. The molecule has 0 spiro atoms. The molecule has 0 aromatic carbocycles. The Bertz CT molecular complexity index is 335. The van der Waals surface area contributed by atoms with Gasteiger partial charge in [0.1, 0.15) is 0 Å². The van der Waals surface area contributed by atoms with E-state index >= 15 is 0 Å². The third kappa shape index (κ3) is 3.22. The molecule has 0 aliphatic heterocycles. The summed E-state index contributed by atoms with van der Waals surface area (Å²) in [5, 5.41) is 0. The first-order valence-electron chi connectivity index (χ1n) is 3.52. The Morgan fingerprint density at radius 2 is 0.889 bits per heavy atom. The molecule has 0 aromatic rings. The summed E-state index contributed by atoms with van der Waals surface area (Å²) in [5.41, 5.74) is -4.63. The van der Waals surface area contributed by atoms with Gasteiger partial charge < -0.3 is 0 Å². The van der Waals surface area contributed by atoms with Gasteiger partial charge in [-0.2, -0.15) is 48.3 Å². The number of halogens is 12. The Labute approximate surface area is 89.9 Å². The molecule has 0 unspecified atom stereocenters. The Hall–Kier alpha value is -1.10. The van der Waals surface area contributed by atoms with Gasteiger partial charge in [-0.1, -0.05) is 0 Å². The van der Waals surface area contributed by atoms with Gasteiger partial charge in [0.05, 0.1) is 0 Å². The quantitative estimate of drug-likeness (QED) is 0.624. The zero-order valence-electron chi connectivity index (χ0n) is 7.54. The van der Waals surface area contributed by atoms with E-state index < -0.39 is 35.9 Å². The SMILES string of the molecule is F/C(=C(/C(F)(F)F)C(F)(F)C(F)(F)F)C(F)(F)F. The fourth-order valence-corrected chi connectivity index (χ4v) is 0.724. The van der Waals surface area contributed by atoms with Gasteiger partial charge in [-0.3, -0.25) is 0 Å². The van der Waals surface area contributed by atoms with Crippen molar-refractivity contribution in [1.29, 1.82) is 0 Å². The van der Waals surface area contributed by atoms with Crippen molar-refractivity contribution in [3.05, 3.63) is 11.4 Å². The van der Waals surface area contributed by atoms with Crippen LogP contribution in [-0.4, -0.2) is 24.5 Å². The summed E-state index contributed by atoms with van der Waals surface area (Å²) in [7, 11) is 0. The third-order valence-electron chi connectivity index (χ3n) is 1.42. The van der Waals surface area contributed by atoms with Crippen molar-refractivity contribution in [2.24, 2.45) is 0 Å². The molecule has 12 heteroatoms. The Morgan fingerprint density at radius 1 is 0.556 bits per heavy atom. The van der Waals surface area contributed by atoms with Gasteiger partial charge in [-0.05, 0) is 0 Å². The second-order valence-corrected chi connectivity index (χ2v) is 2.76. The van der Waals surface area contributed by atoms with E-state index in [1.165, 1.54) is 0 Å².